The van der Waals surface area contributed by atoms with Crippen LogP contribution in [0.5, 0.6) is 0 Å². The van der Waals surface area contributed by atoms with Crippen molar-refractivity contribution in [2.24, 2.45) is 5.92 Å². The van der Waals surface area contributed by atoms with Gasteiger partial charge >= 0.3 is 0 Å². The second-order valence-corrected chi connectivity index (χ2v) is 8.41. The molecular formula is C25H35N. The number of hydrogen-bond acceptors (Lipinski definition) is 1. The van der Waals surface area contributed by atoms with Crippen LogP contribution < -0.4 is 0 Å². The topological polar surface area (TPSA) is 3.24 Å². The van der Waals surface area contributed by atoms with Crippen molar-refractivity contribution in [3.05, 3.63) is 63.3 Å². The van der Waals surface area contributed by atoms with Crippen molar-refractivity contribution in [3.63, 3.8) is 0 Å². The highest BCUT2D eigenvalue weighted by Crippen LogP contribution is 2.37. The molecule has 1 heteroatoms. The van der Waals surface area contributed by atoms with Gasteiger partial charge in [-0.1, -0.05) is 49.3 Å². The molecule has 2 aliphatic rings. The summed E-state index contributed by atoms with van der Waals surface area (Å²) in [7, 11) is 0. The zero-order chi connectivity index (χ0) is 18.8. The van der Waals surface area contributed by atoms with E-state index in [0.29, 0.717) is 6.04 Å². The fourth-order valence-electron chi connectivity index (χ4n) is 4.75. The van der Waals surface area contributed by atoms with E-state index in [1.165, 1.54) is 59.2 Å². The lowest BCUT2D eigenvalue weighted by molar-refractivity contribution is 0.263. The van der Waals surface area contributed by atoms with Crippen LogP contribution in [0.4, 0.5) is 0 Å². The zero-order valence-electron chi connectivity index (χ0n) is 17.5. The molecule has 0 amide bonds. The molecule has 1 aliphatic carbocycles. The molecular weight excluding hydrogens is 314 g/mol. The molecule has 26 heavy (non-hydrogen) atoms. The maximum Gasteiger partial charge on any atom is 0.0320 e. The van der Waals surface area contributed by atoms with Crippen LogP contribution in [-0.2, 0) is 6.54 Å². The van der Waals surface area contributed by atoms with E-state index >= 15 is 0 Å². The van der Waals surface area contributed by atoms with Gasteiger partial charge in [0, 0.05) is 19.1 Å². The molecule has 1 fully saturated rings. The van der Waals surface area contributed by atoms with Gasteiger partial charge in [-0.15, -0.1) is 0 Å². The summed E-state index contributed by atoms with van der Waals surface area (Å²) >= 11 is 0. The number of likely N-dealkylation sites (tertiary alicyclic amines) is 1. The summed E-state index contributed by atoms with van der Waals surface area (Å²) < 4.78 is 0. The molecule has 0 aromatic heterocycles. The highest BCUT2D eigenvalue weighted by Gasteiger charge is 2.34. The predicted molar refractivity (Wildman–Crippen MR) is 114 cm³/mol. The molecule has 1 heterocycles. The standard InChI is InChI=1S/C25H35N/c1-7-9-23-20(6)18(4)13-19(5)24(23)16-26-15-21(8-2)14-25(26)22-11-10-17(3)12-22/h7,9-11,13,21,25H,8,12,14-16H2,1-6H3/b9-7-. The number of hydrogen-bond donors (Lipinski definition) is 0. The Labute approximate surface area is 160 Å². The number of allylic oxidation sites excluding steroid dienone is 4. The van der Waals surface area contributed by atoms with Gasteiger partial charge in [-0.2, -0.15) is 0 Å². The summed E-state index contributed by atoms with van der Waals surface area (Å²) in [6.07, 6.45) is 13.0. The summed E-state index contributed by atoms with van der Waals surface area (Å²) in [4.78, 5) is 2.76. The largest absolute Gasteiger partial charge is 0.292 e. The first kappa shape index (κ1) is 19.2. The molecule has 1 aromatic rings. The quantitative estimate of drug-likeness (QED) is 0.585. The number of aryl methyl sites for hydroxylation is 2. The molecule has 3 rings (SSSR count). The molecule has 1 nitrogen and oxygen atoms in total. The number of benzene rings is 1. The van der Waals surface area contributed by atoms with Gasteiger partial charge in [0.05, 0.1) is 0 Å². The van der Waals surface area contributed by atoms with Crippen molar-refractivity contribution in [1.29, 1.82) is 0 Å². The Kier molecular flexibility index (Phi) is 5.87. The van der Waals surface area contributed by atoms with Crippen LogP contribution in [-0.4, -0.2) is 17.5 Å². The summed E-state index contributed by atoms with van der Waals surface area (Å²) in [5.41, 5.74) is 10.4. The fourth-order valence-corrected chi connectivity index (χ4v) is 4.75. The van der Waals surface area contributed by atoms with E-state index in [4.69, 9.17) is 0 Å². The Hall–Kier alpha value is -1.60. The van der Waals surface area contributed by atoms with Crippen molar-refractivity contribution >= 4 is 6.08 Å². The minimum Gasteiger partial charge on any atom is -0.292 e. The fraction of sp³-hybridized carbons (Fsp3) is 0.520. The van der Waals surface area contributed by atoms with Gasteiger partial charge < -0.3 is 0 Å². The van der Waals surface area contributed by atoms with Crippen LogP contribution >= 0.6 is 0 Å². The lowest BCUT2D eigenvalue weighted by atomic mass is 9.92. The molecule has 1 aromatic carbocycles. The summed E-state index contributed by atoms with van der Waals surface area (Å²) in [6, 6.07) is 2.99. The minimum absolute atomic E-state index is 0.619. The van der Waals surface area contributed by atoms with E-state index < -0.39 is 0 Å². The average molecular weight is 350 g/mol. The first-order valence-corrected chi connectivity index (χ1v) is 10.3. The highest BCUT2D eigenvalue weighted by molar-refractivity contribution is 5.61. The molecule has 0 saturated carbocycles. The van der Waals surface area contributed by atoms with E-state index in [1.54, 1.807) is 5.57 Å². The van der Waals surface area contributed by atoms with Crippen LogP contribution in [0.2, 0.25) is 0 Å². The third-order valence-electron chi connectivity index (χ3n) is 6.48. The molecule has 0 bridgehead atoms. The first-order valence-electron chi connectivity index (χ1n) is 10.3. The lowest BCUT2D eigenvalue weighted by Crippen LogP contribution is -2.31. The van der Waals surface area contributed by atoms with Crippen molar-refractivity contribution in [3.8, 4) is 0 Å². The Morgan fingerprint density at radius 3 is 2.50 bits per heavy atom. The SMILES string of the molecule is C/C=C\c1c(C)c(C)cc(C)c1CN1CC(CC)CC1C1=CC=C(C)C1. The van der Waals surface area contributed by atoms with Crippen LogP contribution in [0, 0.1) is 26.7 Å². The maximum absolute atomic E-state index is 2.76. The van der Waals surface area contributed by atoms with Gasteiger partial charge in [0.1, 0.15) is 0 Å². The van der Waals surface area contributed by atoms with Gasteiger partial charge in [0.2, 0.25) is 0 Å². The molecule has 1 saturated heterocycles. The highest BCUT2D eigenvalue weighted by atomic mass is 15.2. The third kappa shape index (κ3) is 3.74. The lowest BCUT2D eigenvalue weighted by Gasteiger charge is -2.28. The van der Waals surface area contributed by atoms with Crippen molar-refractivity contribution < 1.29 is 0 Å². The van der Waals surface area contributed by atoms with Crippen molar-refractivity contribution in [2.75, 3.05) is 6.54 Å². The molecule has 0 radical (unpaired) electrons. The van der Waals surface area contributed by atoms with E-state index in [-0.39, 0.29) is 0 Å². The first-order chi connectivity index (χ1) is 12.4. The Morgan fingerprint density at radius 1 is 1.12 bits per heavy atom. The number of rotatable bonds is 5. The van der Waals surface area contributed by atoms with Crippen molar-refractivity contribution in [2.45, 2.75) is 73.4 Å². The predicted octanol–water partition coefficient (Wildman–Crippen LogP) is 6.52. The van der Waals surface area contributed by atoms with E-state index in [9.17, 15) is 0 Å². The molecule has 0 N–H and O–H groups in total. The van der Waals surface area contributed by atoms with Gasteiger partial charge in [-0.05, 0) is 86.8 Å². The van der Waals surface area contributed by atoms with Crippen LogP contribution in [0.3, 0.4) is 0 Å². The molecule has 2 atom stereocenters. The average Bonchev–Trinajstić information content (AvgIpc) is 3.21. The Morgan fingerprint density at radius 2 is 1.88 bits per heavy atom. The third-order valence-corrected chi connectivity index (χ3v) is 6.48. The summed E-state index contributed by atoms with van der Waals surface area (Å²) in [5.74, 6) is 0.832. The van der Waals surface area contributed by atoms with Crippen LogP contribution in [0.1, 0.15) is 67.9 Å². The second-order valence-electron chi connectivity index (χ2n) is 8.41. The van der Waals surface area contributed by atoms with E-state index in [2.05, 4.69) is 76.8 Å². The van der Waals surface area contributed by atoms with Gasteiger partial charge in [0.25, 0.3) is 0 Å². The maximum atomic E-state index is 2.76. The van der Waals surface area contributed by atoms with Gasteiger partial charge in [-0.25, -0.2) is 0 Å². The monoisotopic (exact) mass is 349 g/mol. The van der Waals surface area contributed by atoms with Gasteiger partial charge in [0.15, 0.2) is 0 Å². The normalized spacial score (nSPS) is 23.8. The van der Waals surface area contributed by atoms with Crippen molar-refractivity contribution in [1.82, 2.24) is 4.90 Å². The minimum atomic E-state index is 0.619. The smallest absolute Gasteiger partial charge is 0.0320 e. The van der Waals surface area contributed by atoms with E-state index in [1.807, 2.05) is 0 Å². The Bertz CT molecular complexity index is 763. The second kappa shape index (κ2) is 7.96. The number of nitrogens with zero attached hydrogens (tertiary/aromatic N) is 1. The summed E-state index contributed by atoms with van der Waals surface area (Å²) in [6.45, 7) is 15.9. The van der Waals surface area contributed by atoms with Crippen LogP contribution in [0.15, 0.2) is 35.4 Å². The molecule has 140 valence electrons. The molecule has 0 spiro atoms. The molecule has 1 aliphatic heterocycles. The zero-order valence-corrected chi connectivity index (χ0v) is 17.5. The van der Waals surface area contributed by atoms with Crippen LogP contribution in [0.25, 0.3) is 6.08 Å². The van der Waals surface area contributed by atoms with Gasteiger partial charge in [-0.3, -0.25) is 4.90 Å². The van der Waals surface area contributed by atoms with E-state index in [0.717, 1.165) is 12.5 Å². The Balaban J connectivity index is 1.92. The summed E-state index contributed by atoms with van der Waals surface area (Å²) in [5, 5.41) is 0. The molecule has 2 unspecified atom stereocenters.